The Kier molecular flexibility index (Phi) is 5.29. The smallest absolute Gasteiger partial charge is 0.170 e. The summed E-state index contributed by atoms with van der Waals surface area (Å²) >= 11 is 0. The van der Waals surface area contributed by atoms with Gasteiger partial charge in [-0.15, -0.1) is 0 Å². The third-order valence-electron chi connectivity index (χ3n) is 4.20. The van der Waals surface area contributed by atoms with Crippen LogP contribution in [0.25, 0.3) is 0 Å². The van der Waals surface area contributed by atoms with Crippen LogP contribution < -0.4 is 15.2 Å². The number of rotatable bonds is 5. The van der Waals surface area contributed by atoms with Crippen molar-refractivity contribution in [2.45, 2.75) is 26.8 Å². The lowest BCUT2D eigenvalue weighted by atomic mass is 9.83. The Bertz CT molecular complexity index is 839. The highest BCUT2D eigenvalue weighted by Crippen LogP contribution is 2.39. The van der Waals surface area contributed by atoms with Gasteiger partial charge in [-0.3, -0.25) is 0 Å². The van der Waals surface area contributed by atoms with Crippen molar-refractivity contribution in [3.63, 3.8) is 0 Å². The summed E-state index contributed by atoms with van der Waals surface area (Å²) < 4.78 is 12.1. The number of para-hydroxylation sites is 2. The molecule has 3 heteroatoms. The quantitative estimate of drug-likeness (QED) is 0.587. The van der Waals surface area contributed by atoms with E-state index in [2.05, 4.69) is 20.8 Å². The lowest BCUT2D eigenvalue weighted by Crippen LogP contribution is -2.26. The number of hydrogen-bond acceptors (Lipinski definition) is 3. The largest absolute Gasteiger partial charge is 0.453 e. The van der Waals surface area contributed by atoms with Gasteiger partial charge >= 0.3 is 0 Å². The van der Waals surface area contributed by atoms with Gasteiger partial charge < -0.3 is 15.2 Å². The van der Waals surface area contributed by atoms with Gasteiger partial charge in [0.1, 0.15) is 11.5 Å². The van der Waals surface area contributed by atoms with Gasteiger partial charge in [0.25, 0.3) is 0 Å². The molecule has 0 aromatic heterocycles. The number of benzene rings is 3. The predicted molar refractivity (Wildman–Crippen MR) is 106 cm³/mol. The first-order chi connectivity index (χ1) is 12.4. The van der Waals surface area contributed by atoms with Gasteiger partial charge in [-0.2, -0.15) is 0 Å². The second kappa shape index (κ2) is 7.63. The zero-order chi connectivity index (χ0) is 18.6. The maximum absolute atomic E-state index is 6.44. The summed E-state index contributed by atoms with van der Waals surface area (Å²) in [5.41, 5.74) is 7.41. The molecule has 2 N–H and O–H groups in total. The van der Waals surface area contributed by atoms with Gasteiger partial charge in [-0.25, -0.2) is 0 Å². The average Bonchev–Trinajstić information content (AvgIpc) is 2.63. The molecule has 3 aromatic carbocycles. The minimum Gasteiger partial charge on any atom is -0.453 e. The third-order valence-corrected chi connectivity index (χ3v) is 4.20. The molecule has 26 heavy (non-hydrogen) atoms. The Hall–Kier alpha value is -2.78. The molecule has 0 amide bonds. The highest BCUT2D eigenvalue weighted by Gasteiger charge is 2.23. The van der Waals surface area contributed by atoms with Crippen LogP contribution in [0.2, 0.25) is 0 Å². The van der Waals surface area contributed by atoms with Crippen LogP contribution in [-0.2, 0) is 0 Å². The van der Waals surface area contributed by atoms with Crippen LogP contribution >= 0.6 is 0 Å². The number of hydrogen-bond donors (Lipinski definition) is 1. The van der Waals surface area contributed by atoms with E-state index < -0.39 is 0 Å². The molecular weight excluding hydrogens is 322 g/mol. The molecular formula is C23H25NO2. The minimum atomic E-state index is -0.105. The molecule has 0 aliphatic rings. The van der Waals surface area contributed by atoms with E-state index in [1.165, 1.54) is 0 Å². The fourth-order valence-corrected chi connectivity index (χ4v) is 2.61. The molecule has 3 aromatic rings. The van der Waals surface area contributed by atoms with Gasteiger partial charge in [-0.1, -0.05) is 63.2 Å². The van der Waals surface area contributed by atoms with Crippen LogP contribution in [0.5, 0.6) is 23.0 Å². The summed E-state index contributed by atoms with van der Waals surface area (Å²) in [7, 11) is 0. The summed E-state index contributed by atoms with van der Waals surface area (Å²) in [6, 6.07) is 25.2. The summed E-state index contributed by atoms with van der Waals surface area (Å²) in [6.45, 7) is 6.39. The third kappa shape index (κ3) is 4.44. The highest BCUT2D eigenvalue weighted by atomic mass is 16.5. The van der Waals surface area contributed by atoms with E-state index in [-0.39, 0.29) is 11.5 Å². The topological polar surface area (TPSA) is 44.5 Å². The van der Waals surface area contributed by atoms with Crippen molar-refractivity contribution >= 4 is 0 Å². The van der Waals surface area contributed by atoms with Crippen LogP contribution in [-0.4, -0.2) is 0 Å². The van der Waals surface area contributed by atoms with E-state index in [9.17, 15) is 0 Å². The standard InChI is InChI=1S/C23H25NO2/c1-23(2,3)22(24)17-14-15-20(25-18-10-6-4-7-11-18)21(16-17)26-19-12-8-5-9-13-19/h4-16,22H,24H2,1-3H3/t22-/m1/s1. The lowest BCUT2D eigenvalue weighted by Gasteiger charge is -2.28. The minimum absolute atomic E-state index is 0.0498. The molecule has 3 nitrogen and oxygen atoms in total. The average molecular weight is 347 g/mol. The molecule has 0 fully saturated rings. The Balaban J connectivity index is 1.97. The lowest BCUT2D eigenvalue weighted by molar-refractivity contribution is 0.325. The van der Waals surface area contributed by atoms with Crippen molar-refractivity contribution in [1.82, 2.24) is 0 Å². The zero-order valence-corrected chi connectivity index (χ0v) is 15.5. The van der Waals surface area contributed by atoms with Crippen molar-refractivity contribution in [3.05, 3.63) is 84.4 Å². The Morgan fingerprint density at radius 2 is 1.19 bits per heavy atom. The Labute approximate surface area is 155 Å². The molecule has 0 aliphatic heterocycles. The summed E-state index contributed by atoms with van der Waals surface area (Å²) in [5.74, 6) is 2.83. The van der Waals surface area contributed by atoms with E-state index in [4.69, 9.17) is 15.2 Å². The molecule has 0 heterocycles. The summed E-state index contributed by atoms with van der Waals surface area (Å²) in [6.07, 6.45) is 0. The van der Waals surface area contributed by atoms with Crippen LogP contribution in [0.4, 0.5) is 0 Å². The maximum Gasteiger partial charge on any atom is 0.170 e. The zero-order valence-electron chi connectivity index (χ0n) is 15.5. The predicted octanol–water partition coefficient (Wildman–Crippen LogP) is 6.32. The molecule has 0 aliphatic carbocycles. The first-order valence-corrected chi connectivity index (χ1v) is 8.79. The second-order valence-electron chi connectivity index (χ2n) is 7.38. The number of ether oxygens (including phenoxy) is 2. The summed E-state index contributed by atoms with van der Waals surface area (Å²) in [4.78, 5) is 0. The molecule has 0 unspecified atom stereocenters. The van der Waals surface area contributed by atoms with Gasteiger partial charge in [0.15, 0.2) is 11.5 Å². The molecule has 134 valence electrons. The first kappa shape index (κ1) is 18.0. The van der Waals surface area contributed by atoms with Gasteiger partial charge in [0.05, 0.1) is 0 Å². The van der Waals surface area contributed by atoms with E-state index in [0.29, 0.717) is 11.5 Å². The van der Waals surface area contributed by atoms with Crippen molar-refractivity contribution in [2.24, 2.45) is 11.1 Å². The first-order valence-electron chi connectivity index (χ1n) is 8.79. The molecule has 3 rings (SSSR count). The van der Waals surface area contributed by atoms with E-state index >= 15 is 0 Å². The monoisotopic (exact) mass is 347 g/mol. The normalized spacial score (nSPS) is 12.5. The van der Waals surface area contributed by atoms with E-state index in [1.807, 2.05) is 78.9 Å². The van der Waals surface area contributed by atoms with Crippen molar-refractivity contribution in [2.75, 3.05) is 0 Å². The Morgan fingerprint density at radius 1 is 0.692 bits per heavy atom. The highest BCUT2D eigenvalue weighted by molar-refractivity contribution is 5.48. The fraction of sp³-hybridized carbons (Fsp3) is 0.217. The molecule has 0 radical (unpaired) electrons. The van der Waals surface area contributed by atoms with Crippen LogP contribution in [0.15, 0.2) is 78.9 Å². The van der Waals surface area contributed by atoms with Crippen LogP contribution in [0, 0.1) is 5.41 Å². The van der Waals surface area contributed by atoms with Crippen molar-refractivity contribution in [1.29, 1.82) is 0 Å². The van der Waals surface area contributed by atoms with Crippen molar-refractivity contribution in [3.8, 4) is 23.0 Å². The van der Waals surface area contributed by atoms with E-state index in [1.54, 1.807) is 0 Å². The fourth-order valence-electron chi connectivity index (χ4n) is 2.61. The molecule has 1 atom stereocenters. The molecule has 0 saturated carbocycles. The van der Waals surface area contributed by atoms with Gasteiger partial charge in [-0.05, 0) is 47.4 Å². The SMILES string of the molecule is CC(C)(C)[C@H](N)c1ccc(Oc2ccccc2)c(Oc2ccccc2)c1. The second-order valence-corrected chi connectivity index (χ2v) is 7.38. The Morgan fingerprint density at radius 3 is 1.69 bits per heavy atom. The van der Waals surface area contributed by atoms with Crippen LogP contribution in [0.1, 0.15) is 32.4 Å². The molecule has 0 bridgehead atoms. The van der Waals surface area contributed by atoms with Crippen LogP contribution in [0.3, 0.4) is 0 Å². The van der Waals surface area contributed by atoms with Gasteiger partial charge in [0, 0.05) is 6.04 Å². The maximum atomic E-state index is 6.44. The number of nitrogens with two attached hydrogens (primary N) is 1. The van der Waals surface area contributed by atoms with E-state index in [0.717, 1.165) is 17.1 Å². The molecule has 0 saturated heterocycles. The molecule has 0 spiro atoms. The summed E-state index contributed by atoms with van der Waals surface area (Å²) in [5, 5.41) is 0. The van der Waals surface area contributed by atoms with Gasteiger partial charge in [0.2, 0.25) is 0 Å². The van der Waals surface area contributed by atoms with Crippen molar-refractivity contribution < 1.29 is 9.47 Å².